The molecule has 1 aliphatic carbocycles. The maximum absolute atomic E-state index is 12.7. The molecule has 0 radical (unpaired) electrons. The highest BCUT2D eigenvalue weighted by atomic mass is 16.5. The van der Waals surface area contributed by atoms with Crippen molar-refractivity contribution in [2.45, 2.75) is 37.8 Å². The highest BCUT2D eigenvalue weighted by Gasteiger charge is 2.36. The van der Waals surface area contributed by atoms with Gasteiger partial charge in [-0.05, 0) is 19.3 Å². The Kier molecular flexibility index (Phi) is 5.10. The molecule has 1 saturated carbocycles. The number of urea groups is 1. The fourth-order valence-electron chi connectivity index (χ4n) is 3.77. The first kappa shape index (κ1) is 17.3. The molecule has 4 rings (SSSR count). The minimum Gasteiger partial charge on any atom is -0.480 e. The number of amides is 2. The van der Waals surface area contributed by atoms with Gasteiger partial charge in [-0.15, -0.1) is 0 Å². The molecule has 0 aromatic carbocycles. The van der Waals surface area contributed by atoms with E-state index < -0.39 is 0 Å². The molecule has 1 aromatic heterocycles. The van der Waals surface area contributed by atoms with Crippen molar-refractivity contribution in [2.75, 3.05) is 46.4 Å². The zero-order chi connectivity index (χ0) is 17.9. The third kappa shape index (κ3) is 3.70. The van der Waals surface area contributed by atoms with Gasteiger partial charge in [-0.2, -0.15) is 4.98 Å². The average Bonchev–Trinajstić information content (AvgIpc) is 2.82. The van der Waals surface area contributed by atoms with Gasteiger partial charge in [0.15, 0.2) is 0 Å². The number of rotatable bonds is 4. The second kappa shape index (κ2) is 7.65. The molecular formula is C18H27N5O3. The number of methoxy groups -OCH3 is 1. The van der Waals surface area contributed by atoms with Crippen molar-refractivity contribution in [3.05, 3.63) is 12.4 Å². The first-order valence-electron chi connectivity index (χ1n) is 9.53. The zero-order valence-corrected chi connectivity index (χ0v) is 15.3. The average molecular weight is 361 g/mol. The lowest BCUT2D eigenvalue weighted by Crippen LogP contribution is -2.60. The van der Waals surface area contributed by atoms with Crippen LogP contribution >= 0.6 is 0 Å². The second-order valence-electron chi connectivity index (χ2n) is 7.29. The number of likely N-dealkylation sites (tertiary alicyclic amines) is 1. The summed E-state index contributed by atoms with van der Waals surface area (Å²) in [6, 6.07) is 0.896. The minimum absolute atomic E-state index is 0.0289. The minimum atomic E-state index is -0.0289. The molecule has 8 heteroatoms. The van der Waals surface area contributed by atoms with Gasteiger partial charge in [0.2, 0.25) is 11.8 Å². The largest absolute Gasteiger partial charge is 0.480 e. The summed E-state index contributed by atoms with van der Waals surface area (Å²) in [5.74, 6) is 0.864. The van der Waals surface area contributed by atoms with Crippen molar-refractivity contribution >= 4 is 6.03 Å². The van der Waals surface area contributed by atoms with E-state index in [1.807, 2.05) is 9.80 Å². The maximum Gasteiger partial charge on any atom is 0.320 e. The number of carbonyl (C=O) groups is 1. The van der Waals surface area contributed by atoms with Crippen LogP contribution in [0.25, 0.3) is 0 Å². The lowest BCUT2D eigenvalue weighted by Gasteiger charge is -2.41. The van der Waals surface area contributed by atoms with E-state index in [0.717, 1.165) is 38.6 Å². The SMILES string of the molecule is COc1cncc(OC2CN(C(=O)N3CCCN(C4CCC4)CC3)C2)n1. The van der Waals surface area contributed by atoms with Crippen LogP contribution in [0.3, 0.4) is 0 Å². The Balaban J connectivity index is 1.23. The number of aromatic nitrogens is 2. The van der Waals surface area contributed by atoms with Crippen molar-refractivity contribution < 1.29 is 14.3 Å². The van der Waals surface area contributed by atoms with Crippen LogP contribution < -0.4 is 9.47 Å². The molecule has 8 nitrogen and oxygen atoms in total. The van der Waals surface area contributed by atoms with Gasteiger partial charge in [0, 0.05) is 32.2 Å². The molecule has 0 spiro atoms. The Labute approximate surface area is 154 Å². The molecule has 0 bridgehead atoms. The summed E-state index contributed by atoms with van der Waals surface area (Å²) in [4.78, 5) is 27.4. The summed E-state index contributed by atoms with van der Waals surface area (Å²) in [5.41, 5.74) is 0. The van der Waals surface area contributed by atoms with Crippen LogP contribution in [-0.4, -0.2) is 89.2 Å². The lowest BCUT2D eigenvalue weighted by molar-refractivity contribution is 0.0277. The summed E-state index contributed by atoms with van der Waals surface area (Å²) < 4.78 is 10.8. The summed E-state index contributed by atoms with van der Waals surface area (Å²) in [6.45, 7) is 5.00. The van der Waals surface area contributed by atoms with Gasteiger partial charge in [0.25, 0.3) is 0 Å². The molecular weight excluding hydrogens is 334 g/mol. The second-order valence-corrected chi connectivity index (χ2v) is 7.29. The van der Waals surface area contributed by atoms with Gasteiger partial charge in [0.1, 0.15) is 6.10 Å². The predicted molar refractivity (Wildman–Crippen MR) is 95.4 cm³/mol. The van der Waals surface area contributed by atoms with Crippen molar-refractivity contribution in [2.24, 2.45) is 0 Å². The molecule has 3 heterocycles. The van der Waals surface area contributed by atoms with E-state index in [0.29, 0.717) is 24.8 Å². The highest BCUT2D eigenvalue weighted by Crippen LogP contribution is 2.26. The number of hydrogen-bond donors (Lipinski definition) is 0. The molecule has 142 valence electrons. The van der Waals surface area contributed by atoms with Gasteiger partial charge < -0.3 is 19.3 Å². The molecule has 0 atom stereocenters. The van der Waals surface area contributed by atoms with Crippen LogP contribution in [0, 0.1) is 0 Å². The molecule has 3 aliphatic rings. The van der Waals surface area contributed by atoms with Crippen molar-refractivity contribution in [3.63, 3.8) is 0 Å². The quantitative estimate of drug-likeness (QED) is 0.803. The van der Waals surface area contributed by atoms with Gasteiger partial charge >= 0.3 is 6.03 Å². The number of carbonyl (C=O) groups excluding carboxylic acids is 1. The van der Waals surface area contributed by atoms with E-state index in [1.165, 1.54) is 25.5 Å². The van der Waals surface area contributed by atoms with Gasteiger partial charge in [-0.3, -0.25) is 9.88 Å². The van der Waals surface area contributed by atoms with Crippen LogP contribution in [0.5, 0.6) is 11.8 Å². The Morgan fingerprint density at radius 2 is 1.85 bits per heavy atom. The molecule has 2 saturated heterocycles. The third-order valence-corrected chi connectivity index (χ3v) is 5.60. The smallest absolute Gasteiger partial charge is 0.320 e. The summed E-state index contributed by atoms with van der Waals surface area (Å²) >= 11 is 0. The third-order valence-electron chi connectivity index (χ3n) is 5.60. The molecule has 2 amide bonds. The summed E-state index contributed by atoms with van der Waals surface area (Å²) in [7, 11) is 1.55. The van der Waals surface area contributed by atoms with Crippen LogP contribution in [0.2, 0.25) is 0 Å². The van der Waals surface area contributed by atoms with Crippen LogP contribution in [-0.2, 0) is 0 Å². The van der Waals surface area contributed by atoms with Gasteiger partial charge in [-0.1, -0.05) is 6.42 Å². The fourth-order valence-corrected chi connectivity index (χ4v) is 3.77. The fraction of sp³-hybridized carbons (Fsp3) is 0.722. The van der Waals surface area contributed by atoms with E-state index >= 15 is 0 Å². The summed E-state index contributed by atoms with van der Waals surface area (Å²) in [6.07, 6.45) is 8.15. The van der Waals surface area contributed by atoms with E-state index in [4.69, 9.17) is 9.47 Å². The predicted octanol–water partition coefficient (Wildman–Crippen LogP) is 1.23. The van der Waals surface area contributed by atoms with E-state index in [1.54, 1.807) is 13.3 Å². The number of nitrogens with zero attached hydrogens (tertiary/aromatic N) is 5. The first-order chi connectivity index (χ1) is 12.7. The molecule has 2 aliphatic heterocycles. The van der Waals surface area contributed by atoms with Crippen LogP contribution in [0.4, 0.5) is 4.79 Å². The lowest BCUT2D eigenvalue weighted by atomic mass is 9.91. The van der Waals surface area contributed by atoms with Crippen molar-refractivity contribution in [1.82, 2.24) is 24.7 Å². The topological polar surface area (TPSA) is 71.0 Å². The normalized spacial score (nSPS) is 22.3. The van der Waals surface area contributed by atoms with E-state index in [-0.39, 0.29) is 12.1 Å². The molecule has 0 unspecified atom stereocenters. The molecule has 3 fully saturated rings. The first-order valence-corrected chi connectivity index (χ1v) is 9.53. The van der Waals surface area contributed by atoms with Crippen LogP contribution in [0.1, 0.15) is 25.7 Å². The van der Waals surface area contributed by atoms with Gasteiger partial charge in [0.05, 0.1) is 32.6 Å². The van der Waals surface area contributed by atoms with E-state index in [9.17, 15) is 4.79 Å². The zero-order valence-electron chi connectivity index (χ0n) is 15.3. The van der Waals surface area contributed by atoms with Crippen molar-refractivity contribution in [3.8, 4) is 11.8 Å². The Hall–Kier alpha value is -2.09. The molecule has 1 aromatic rings. The number of hydrogen-bond acceptors (Lipinski definition) is 6. The van der Waals surface area contributed by atoms with Crippen LogP contribution in [0.15, 0.2) is 12.4 Å². The standard InChI is InChI=1S/C18H27N5O3/c1-25-16-10-19-11-17(20-16)26-15-12-23(13-15)18(24)22-7-3-6-21(8-9-22)14-4-2-5-14/h10-11,14-15H,2-9,12-13H2,1H3. The molecule has 26 heavy (non-hydrogen) atoms. The Morgan fingerprint density at radius 3 is 2.58 bits per heavy atom. The molecule has 0 N–H and O–H groups in total. The maximum atomic E-state index is 12.7. The van der Waals surface area contributed by atoms with Gasteiger partial charge in [-0.25, -0.2) is 4.79 Å². The van der Waals surface area contributed by atoms with Crippen molar-refractivity contribution in [1.29, 1.82) is 0 Å². The summed E-state index contributed by atoms with van der Waals surface area (Å²) in [5, 5.41) is 0. The highest BCUT2D eigenvalue weighted by molar-refractivity contribution is 5.75. The Morgan fingerprint density at radius 1 is 1.04 bits per heavy atom. The van der Waals surface area contributed by atoms with E-state index in [2.05, 4.69) is 14.9 Å². The Bertz CT molecular complexity index is 633. The monoisotopic (exact) mass is 361 g/mol. The number of ether oxygens (including phenoxy) is 2.